The largest absolute Gasteiger partial charge is 0.362 e. The summed E-state index contributed by atoms with van der Waals surface area (Å²) in [7, 11) is 0. The van der Waals surface area contributed by atoms with Crippen LogP contribution in [0.25, 0.3) is 0 Å². The van der Waals surface area contributed by atoms with Crippen molar-refractivity contribution in [2.75, 3.05) is 11.4 Å². The first kappa shape index (κ1) is 14.0. The van der Waals surface area contributed by atoms with E-state index in [2.05, 4.69) is 0 Å². The maximum atomic E-state index is 14.2. The van der Waals surface area contributed by atoms with Gasteiger partial charge in [-0.05, 0) is 37.1 Å². The van der Waals surface area contributed by atoms with Crippen LogP contribution in [0.1, 0.15) is 24.1 Å². The van der Waals surface area contributed by atoms with Crippen molar-refractivity contribution in [1.29, 1.82) is 0 Å². The smallest absolute Gasteiger partial charge is 0.128 e. The zero-order chi connectivity index (χ0) is 15.0. The molecular formula is C17H18F2N2. The summed E-state index contributed by atoms with van der Waals surface area (Å²) in [6.45, 7) is 2.58. The lowest BCUT2D eigenvalue weighted by molar-refractivity contribution is 0.505. The van der Waals surface area contributed by atoms with Gasteiger partial charge in [-0.1, -0.05) is 24.3 Å². The van der Waals surface area contributed by atoms with Crippen molar-refractivity contribution < 1.29 is 8.78 Å². The SMILES string of the molecule is CC(N)C(c1ccccc1F)N1CCc2ccc(F)cc21. The van der Waals surface area contributed by atoms with Crippen molar-refractivity contribution in [2.45, 2.75) is 25.4 Å². The third-order valence-corrected chi connectivity index (χ3v) is 4.04. The van der Waals surface area contributed by atoms with Crippen LogP contribution in [0.3, 0.4) is 0 Å². The average molecular weight is 288 g/mol. The van der Waals surface area contributed by atoms with Crippen molar-refractivity contribution in [3.8, 4) is 0 Å². The molecule has 1 heterocycles. The fourth-order valence-corrected chi connectivity index (χ4v) is 3.12. The lowest BCUT2D eigenvalue weighted by Crippen LogP contribution is -2.39. The number of fused-ring (bicyclic) bond motifs is 1. The van der Waals surface area contributed by atoms with E-state index in [1.165, 1.54) is 18.2 Å². The minimum atomic E-state index is -0.297. The molecule has 110 valence electrons. The van der Waals surface area contributed by atoms with Gasteiger partial charge in [0, 0.05) is 23.8 Å². The molecule has 2 aromatic rings. The molecule has 0 saturated heterocycles. The van der Waals surface area contributed by atoms with Gasteiger partial charge in [0.05, 0.1) is 6.04 Å². The summed E-state index contributed by atoms with van der Waals surface area (Å²) >= 11 is 0. The van der Waals surface area contributed by atoms with E-state index in [1.807, 2.05) is 11.8 Å². The summed E-state index contributed by atoms with van der Waals surface area (Å²) in [4.78, 5) is 2.02. The van der Waals surface area contributed by atoms with Gasteiger partial charge in [-0.2, -0.15) is 0 Å². The Morgan fingerprint density at radius 3 is 2.62 bits per heavy atom. The van der Waals surface area contributed by atoms with Gasteiger partial charge in [-0.25, -0.2) is 8.78 Å². The number of hydrogen-bond acceptors (Lipinski definition) is 2. The zero-order valence-corrected chi connectivity index (χ0v) is 11.9. The molecule has 21 heavy (non-hydrogen) atoms. The first-order valence-electron chi connectivity index (χ1n) is 7.13. The van der Waals surface area contributed by atoms with E-state index in [-0.39, 0.29) is 23.7 Å². The number of nitrogens with zero attached hydrogens (tertiary/aromatic N) is 1. The second-order valence-electron chi connectivity index (χ2n) is 5.54. The van der Waals surface area contributed by atoms with Gasteiger partial charge < -0.3 is 10.6 Å². The lowest BCUT2D eigenvalue weighted by Gasteiger charge is -2.33. The van der Waals surface area contributed by atoms with E-state index in [4.69, 9.17) is 5.73 Å². The van der Waals surface area contributed by atoms with Crippen LogP contribution in [0.5, 0.6) is 0 Å². The van der Waals surface area contributed by atoms with E-state index >= 15 is 0 Å². The molecule has 4 heteroatoms. The fourth-order valence-electron chi connectivity index (χ4n) is 3.12. The highest BCUT2D eigenvalue weighted by Gasteiger charge is 2.31. The molecule has 0 amide bonds. The number of benzene rings is 2. The summed E-state index contributed by atoms with van der Waals surface area (Å²) in [5, 5.41) is 0. The summed E-state index contributed by atoms with van der Waals surface area (Å²) in [6.07, 6.45) is 0.827. The van der Waals surface area contributed by atoms with Crippen LogP contribution in [0.15, 0.2) is 42.5 Å². The molecule has 0 fully saturated rings. The molecule has 2 unspecified atom stereocenters. The van der Waals surface area contributed by atoms with E-state index in [9.17, 15) is 8.78 Å². The van der Waals surface area contributed by atoms with E-state index < -0.39 is 0 Å². The van der Waals surface area contributed by atoms with Crippen molar-refractivity contribution >= 4 is 5.69 Å². The average Bonchev–Trinajstić information content (AvgIpc) is 2.84. The normalized spacial score (nSPS) is 16.7. The third-order valence-electron chi connectivity index (χ3n) is 4.04. The van der Waals surface area contributed by atoms with Crippen LogP contribution in [0.2, 0.25) is 0 Å². The molecule has 0 spiro atoms. The summed E-state index contributed by atoms with van der Waals surface area (Å²) in [5.41, 5.74) is 8.57. The van der Waals surface area contributed by atoms with Gasteiger partial charge in [-0.15, -0.1) is 0 Å². The second kappa shape index (κ2) is 5.45. The van der Waals surface area contributed by atoms with Crippen LogP contribution >= 0.6 is 0 Å². The van der Waals surface area contributed by atoms with Gasteiger partial charge in [0.2, 0.25) is 0 Å². The van der Waals surface area contributed by atoms with Crippen LogP contribution in [-0.2, 0) is 6.42 Å². The molecule has 0 radical (unpaired) electrons. The van der Waals surface area contributed by atoms with Crippen molar-refractivity contribution in [2.24, 2.45) is 5.73 Å². The first-order chi connectivity index (χ1) is 10.1. The monoisotopic (exact) mass is 288 g/mol. The van der Waals surface area contributed by atoms with E-state index in [0.717, 1.165) is 24.2 Å². The Morgan fingerprint density at radius 2 is 1.90 bits per heavy atom. The lowest BCUT2D eigenvalue weighted by atomic mass is 9.98. The second-order valence-corrected chi connectivity index (χ2v) is 5.54. The number of rotatable bonds is 3. The molecule has 0 aromatic heterocycles. The standard InChI is InChI=1S/C17H18F2N2/c1-11(20)17(14-4-2-3-5-15(14)19)21-9-8-12-6-7-13(18)10-16(12)21/h2-7,10-11,17H,8-9,20H2,1H3. The van der Waals surface area contributed by atoms with Crippen molar-refractivity contribution in [1.82, 2.24) is 0 Å². The molecule has 1 aliphatic heterocycles. The Balaban J connectivity index is 2.05. The highest BCUT2D eigenvalue weighted by atomic mass is 19.1. The highest BCUT2D eigenvalue weighted by Crippen LogP contribution is 2.37. The predicted molar refractivity (Wildman–Crippen MR) is 80.2 cm³/mol. The molecular weight excluding hydrogens is 270 g/mol. The molecule has 2 atom stereocenters. The Bertz CT molecular complexity index is 655. The van der Waals surface area contributed by atoms with Crippen molar-refractivity contribution in [3.05, 3.63) is 65.2 Å². The van der Waals surface area contributed by atoms with Crippen LogP contribution in [-0.4, -0.2) is 12.6 Å². The van der Waals surface area contributed by atoms with Crippen LogP contribution < -0.4 is 10.6 Å². The Morgan fingerprint density at radius 1 is 1.14 bits per heavy atom. The first-order valence-corrected chi connectivity index (χ1v) is 7.13. The Hall–Kier alpha value is -1.94. The molecule has 1 aliphatic rings. The minimum absolute atomic E-state index is 0.267. The highest BCUT2D eigenvalue weighted by molar-refractivity contribution is 5.60. The maximum absolute atomic E-state index is 14.2. The van der Waals surface area contributed by atoms with Gasteiger partial charge in [0.1, 0.15) is 11.6 Å². The van der Waals surface area contributed by atoms with Gasteiger partial charge in [0.15, 0.2) is 0 Å². The summed E-state index contributed by atoms with van der Waals surface area (Å²) in [6, 6.07) is 10.9. The van der Waals surface area contributed by atoms with E-state index in [1.54, 1.807) is 24.3 Å². The molecule has 0 bridgehead atoms. The fraction of sp³-hybridized carbons (Fsp3) is 0.294. The van der Waals surface area contributed by atoms with E-state index in [0.29, 0.717) is 5.56 Å². The molecule has 0 aliphatic carbocycles. The topological polar surface area (TPSA) is 29.3 Å². The predicted octanol–water partition coefficient (Wildman–Crippen LogP) is 3.42. The molecule has 2 N–H and O–H groups in total. The third kappa shape index (κ3) is 2.51. The Kier molecular flexibility index (Phi) is 3.64. The van der Waals surface area contributed by atoms with Gasteiger partial charge in [0.25, 0.3) is 0 Å². The molecule has 2 nitrogen and oxygen atoms in total. The maximum Gasteiger partial charge on any atom is 0.128 e. The van der Waals surface area contributed by atoms with Crippen molar-refractivity contribution in [3.63, 3.8) is 0 Å². The number of anilines is 1. The van der Waals surface area contributed by atoms with Gasteiger partial charge >= 0.3 is 0 Å². The quantitative estimate of drug-likeness (QED) is 0.937. The molecule has 3 rings (SSSR count). The number of hydrogen-bond donors (Lipinski definition) is 1. The summed E-state index contributed by atoms with van der Waals surface area (Å²) in [5.74, 6) is -0.553. The summed E-state index contributed by atoms with van der Waals surface area (Å²) < 4.78 is 27.7. The number of nitrogens with two attached hydrogens (primary N) is 1. The van der Waals surface area contributed by atoms with Crippen LogP contribution in [0, 0.1) is 11.6 Å². The van der Waals surface area contributed by atoms with Crippen LogP contribution in [0.4, 0.5) is 14.5 Å². The zero-order valence-electron chi connectivity index (χ0n) is 11.9. The van der Waals surface area contributed by atoms with Gasteiger partial charge in [-0.3, -0.25) is 0 Å². The number of halogens is 2. The molecule has 2 aromatic carbocycles. The molecule has 0 saturated carbocycles. The minimum Gasteiger partial charge on any atom is -0.362 e. The Labute approximate surface area is 123 Å².